The van der Waals surface area contributed by atoms with Gasteiger partial charge in [-0.05, 0) is 29.3 Å². The molecule has 0 atom stereocenters. The molecule has 9 heteroatoms. The number of carbonyl (C=O) groups excluding carboxylic acids is 2. The quantitative estimate of drug-likeness (QED) is 0.358. The third-order valence-electron chi connectivity index (χ3n) is 5.64. The van der Waals surface area contributed by atoms with Gasteiger partial charge in [0.25, 0.3) is 5.91 Å². The number of benzene rings is 3. The van der Waals surface area contributed by atoms with E-state index in [1.54, 1.807) is 31.4 Å². The van der Waals surface area contributed by atoms with E-state index in [0.29, 0.717) is 17.0 Å². The Bertz CT molecular complexity index is 1410. The minimum Gasteiger partial charge on any atom is -0.497 e. The van der Waals surface area contributed by atoms with E-state index in [9.17, 15) is 18.4 Å². The average Bonchev–Trinajstić information content (AvgIpc) is 2.92. The first-order chi connectivity index (χ1) is 17.9. The molecule has 4 aromatic rings. The number of aromatic nitrogens is 2. The third-order valence-corrected chi connectivity index (χ3v) is 5.64. The molecule has 188 valence electrons. The molecule has 2 N–H and O–H groups in total. The lowest BCUT2D eigenvalue weighted by atomic mass is 10.0. The van der Waals surface area contributed by atoms with E-state index in [-0.39, 0.29) is 36.7 Å². The van der Waals surface area contributed by atoms with Gasteiger partial charge in [-0.15, -0.1) is 0 Å². The van der Waals surface area contributed by atoms with Crippen molar-refractivity contribution in [2.45, 2.75) is 19.5 Å². The predicted molar refractivity (Wildman–Crippen MR) is 134 cm³/mol. The van der Waals surface area contributed by atoms with Crippen molar-refractivity contribution in [3.05, 3.63) is 113 Å². The first-order valence-corrected chi connectivity index (χ1v) is 11.5. The molecule has 0 aliphatic rings. The second kappa shape index (κ2) is 11.9. The Labute approximate surface area is 212 Å². The number of rotatable bonds is 9. The molecule has 0 unspecified atom stereocenters. The van der Waals surface area contributed by atoms with Crippen molar-refractivity contribution in [3.8, 4) is 17.0 Å². The Kier molecular flexibility index (Phi) is 8.15. The lowest BCUT2D eigenvalue weighted by molar-refractivity contribution is -0.120. The van der Waals surface area contributed by atoms with Crippen LogP contribution in [0.15, 0.2) is 79.1 Å². The van der Waals surface area contributed by atoms with Crippen LogP contribution in [0, 0.1) is 11.6 Å². The molecule has 0 saturated carbocycles. The Morgan fingerprint density at radius 1 is 0.865 bits per heavy atom. The molecular weight excluding hydrogens is 478 g/mol. The molecule has 2 amide bonds. The summed E-state index contributed by atoms with van der Waals surface area (Å²) in [5, 5.41) is 5.51. The molecule has 0 radical (unpaired) electrons. The molecule has 3 aromatic carbocycles. The Balaban J connectivity index is 1.47. The summed E-state index contributed by atoms with van der Waals surface area (Å²) in [5.74, 6) is -1.47. The topological polar surface area (TPSA) is 93.2 Å². The normalized spacial score (nSPS) is 10.6. The van der Waals surface area contributed by atoms with Crippen LogP contribution in [0.1, 0.15) is 27.2 Å². The fourth-order valence-electron chi connectivity index (χ4n) is 3.72. The Morgan fingerprint density at radius 2 is 1.59 bits per heavy atom. The summed E-state index contributed by atoms with van der Waals surface area (Å²) in [6.07, 6.45) is 3.05. The van der Waals surface area contributed by atoms with Gasteiger partial charge in [0.2, 0.25) is 5.91 Å². The zero-order valence-electron chi connectivity index (χ0n) is 20.0. The zero-order valence-corrected chi connectivity index (χ0v) is 20.0. The highest BCUT2D eigenvalue weighted by Crippen LogP contribution is 2.24. The van der Waals surface area contributed by atoms with Crippen molar-refractivity contribution in [1.29, 1.82) is 0 Å². The maximum absolute atomic E-state index is 14.0. The molecule has 0 fully saturated rings. The molecule has 0 aliphatic heterocycles. The fraction of sp³-hybridized carbons (Fsp3) is 0.143. The molecular formula is C28H24F2N4O3. The summed E-state index contributed by atoms with van der Waals surface area (Å²) in [7, 11) is 1.58. The van der Waals surface area contributed by atoms with Gasteiger partial charge in [0.15, 0.2) is 5.69 Å². The average molecular weight is 503 g/mol. The van der Waals surface area contributed by atoms with Crippen LogP contribution in [0.5, 0.6) is 5.75 Å². The lowest BCUT2D eigenvalue weighted by Crippen LogP contribution is -2.26. The van der Waals surface area contributed by atoms with Gasteiger partial charge in [-0.2, -0.15) is 0 Å². The van der Waals surface area contributed by atoms with Crippen LogP contribution in [0.4, 0.5) is 8.78 Å². The van der Waals surface area contributed by atoms with Gasteiger partial charge in [-0.1, -0.05) is 42.5 Å². The zero-order chi connectivity index (χ0) is 26.2. The maximum atomic E-state index is 14.0. The first kappa shape index (κ1) is 25.4. The van der Waals surface area contributed by atoms with Crippen molar-refractivity contribution < 1.29 is 23.1 Å². The van der Waals surface area contributed by atoms with E-state index in [4.69, 9.17) is 4.74 Å². The van der Waals surface area contributed by atoms with Crippen LogP contribution in [0.25, 0.3) is 11.3 Å². The van der Waals surface area contributed by atoms with Gasteiger partial charge >= 0.3 is 0 Å². The van der Waals surface area contributed by atoms with Gasteiger partial charge in [0, 0.05) is 42.7 Å². The van der Waals surface area contributed by atoms with E-state index in [2.05, 4.69) is 20.6 Å². The summed E-state index contributed by atoms with van der Waals surface area (Å²) in [4.78, 5) is 34.0. The molecule has 37 heavy (non-hydrogen) atoms. The highest BCUT2D eigenvalue weighted by atomic mass is 19.1. The number of hydrogen-bond donors (Lipinski definition) is 2. The number of halogens is 2. The Hall–Kier alpha value is -4.66. The molecule has 0 aliphatic carbocycles. The maximum Gasteiger partial charge on any atom is 0.272 e. The Morgan fingerprint density at radius 3 is 2.35 bits per heavy atom. The van der Waals surface area contributed by atoms with Crippen LogP contribution in [0.2, 0.25) is 0 Å². The monoisotopic (exact) mass is 502 g/mol. The van der Waals surface area contributed by atoms with Crippen molar-refractivity contribution in [2.75, 3.05) is 7.11 Å². The van der Waals surface area contributed by atoms with Crippen LogP contribution < -0.4 is 15.4 Å². The molecule has 1 aromatic heterocycles. The van der Waals surface area contributed by atoms with Crippen LogP contribution in [0.3, 0.4) is 0 Å². The lowest BCUT2D eigenvalue weighted by Gasteiger charge is -2.13. The number of carbonyl (C=O) groups is 2. The number of amides is 2. The van der Waals surface area contributed by atoms with Gasteiger partial charge in [-0.25, -0.2) is 13.8 Å². The van der Waals surface area contributed by atoms with E-state index < -0.39 is 17.5 Å². The number of ether oxygens (including phenoxy) is 1. The van der Waals surface area contributed by atoms with E-state index in [1.807, 2.05) is 24.3 Å². The molecule has 7 nitrogen and oxygen atoms in total. The summed E-state index contributed by atoms with van der Waals surface area (Å²) >= 11 is 0. The standard InChI is InChI=1S/C28H24F2N4O3/c1-37-22-10-6-18(7-11-22)14-25(35)33-16-19-4-2-3-5-23(19)26-27(32-13-12-31-26)28(36)34-17-20-8-9-21(29)15-24(20)30/h2-13,15H,14,16-17H2,1H3,(H,33,35)(H,34,36). The van der Waals surface area contributed by atoms with Crippen molar-refractivity contribution in [1.82, 2.24) is 20.6 Å². The fourth-order valence-corrected chi connectivity index (χ4v) is 3.72. The predicted octanol–water partition coefficient (Wildman–Crippen LogP) is 4.22. The smallest absolute Gasteiger partial charge is 0.272 e. The SMILES string of the molecule is COc1ccc(CC(=O)NCc2ccccc2-c2nccnc2C(=O)NCc2ccc(F)cc2F)cc1. The number of methoxy groups -OCH3 is 1. The van der Waals surface area contributed by atoms with Crippen molar-refractivity contribution >= 4 is 11.8 Å². The summed E-state index contributed by atoms with van der Waals surface area (Å²) in [5.41, 5.74) is 2.71. The molecule has 0 saturated heterocycles. The molecule has 0 bridgehead atoms. The van der Waals surface area contributed by atoms with E-state index in [0.717, 1.165) is 23.3 Å². The minimum absolute atomic E-state index is 0.0435. The number of hydrogen-bond acceptors (Lipinski definition) is 5. The highest BCUT2D eigenvalue weighted by molar-refractivity contribution is 5.98. The summed E-state index contributed by atoms with van der Waals surface area (Å²) in [6, 6.07) is 17.6. The van der Waals surface area contributed by atoms with Crippen molar-refractivity contribution in [3.63, 3.8) is 0 Å². The first-order valence-electron chi connectivity index (χ1n) is 11.5. The summed E-state index contributed by atoms with van der Waals surface area (Å²) < 4.78 is 32.3. The second-order valence-electron chi connectivity index (χ2n) is 8.13. The van der Waals surface area contributed by atoms with Gasteiger partial charge < -0.3 is 15.4 Å². The van der Waals surface area contributed by atoms with Gasteiger partial charge in [-0.3, -0.25) is 14.6 Å². The largest absolute Gasteiger partial charge is 0.497 e. The minimum atomic E-state index is -0.754. The third kappa shape index (κ3) is 6.52. The molecule has 1 heterocycles. The number of nitrogens with one attached hydrogen (secondary N) is 2. The highest BCUT2D eigenvalue weighted by Gasteiger charge is 2.18. The van der Waals surface area contributed by atoms with Crippen LogP contribution in [-0.2, 0) is 24.3 Å². The van der Waals surface area contributed by atoms with Crippen LogP contribution in [-0.4, -0.2) is 28.9 Å². The van der Waals surface area contributed by atoms with E-state index >= 15 is 0 Å². The van der Waals surface area contributed by atoms with Crippen LogP contribution >= 0.6 is 0 Å². The van der Waals surface area contributed by atoms with Gasteiger partial charge in [0.05, 0.1) is 13.5 Å². The van der Waals surface area contributed by atoms with Crippen molar-refractivity contribution in [2.24, 2.45) is 0 Å². The second-order valence-corrected chi connectivity index (χ2v) is 8.13. The summed E-state index contributed by atoms with van der Waals surface area (Å²) in [6.45, 7) is 0.0631. The van der Waals surface area contributed by atoms with Gasteiger partial charge in [0.1, 0.15) is 23.1 Å². The molecule has 0 spiro atoms. The van der Waals surface area contributed by atoms with E-state index in [1.165, 1.54) is 18.5 Å². The molecule has 4 rings (SSSR count). The number of nitrogens with zero attached hydrogens (tertiary/aromatic N) is 2.